The van der Waals surface area contributed by atoms with Gasteiger partial charge in [0.15, 0.2) is 0 Å². The van der Waals surface area contributed by atoms with Crippen molar-refractivity contribution in [2.45, 2.75) is 25.8 Å². The Kier molecular flexibility index (Phi) is 2.93. The van der Waals surface area contributed by atoms with Gasteiger partial charge in [-0.05, 0) is 25.8 Å². The van der Waals surface area contributed by atoms with Crippen LogP contribution in [0.5, 0.6) is 0 Å². The highest BCUT2D eigenvalue weighted by atomic mass is 32.2. The van der Waals surface area contributed by atoms with Gasteiger partial charge in [-0.25, -0.2) is 13.4 Å². The molecule has 19 heavy (non-hydrogen) atoms. The normalized spacial score (nSPS) is 19.6. The zero-order chi connectivity index (χ0) is 13.5. The lowest BCUT2D eigenvalue weighted by molar-refractivity contribution is 0.559. The van der Waals surface area contributed by atoms with Crippen LogP contribution in [0.15, 0.2) is 12.3 Å². The molecule has 1 saturated heterocycles. The zero-order valence-electron chi connectivity index (χ0n) is 10.7. The maximum absolute atomic E-state index is 11.4. The van der Waals surface area contributed by atoms with Gasteiger partial charge in [0.25, 0.3) is 0 Å². The summed E-state index contributed by atoms with van der Waals surface area (Å²) in [6.07, 6.45) is 2.99. The van der Waals surface area contributed by atoms with E-state index in [0.29, 0.717) is 12.8 Å². The molecule has 0 aliphatic carbocycles. The third-order valence-electron chi connectivity index (χ3n) is 3.54. The molecule has 0 saturated carbocycles. The third-order valence-corrected chi connectivity index (χ3v) is 5.26. The molecule has 1 fully saturated rings. The highest BCUT2D eigenvalue weighted by Crippen LogP contribution is 2.25. The third kappa shape index (κ3) is 2.42. The summed E-state index contributed by atoms with van der Waals surface area (Å²) in [5.74, 6) is 1.30. The van der Waals surface area contributed by atoms with E-state index in [0.717, 1.165) is 22.4 Å². The van der Waals surface area contributed by atoms with Crippen LogP contribution >= 0.6 is 0 Å². The maximum Gasteiger partial charge on any atom is 0.150 e. The Balaban J connectivity index is 1.84. The molecule has 0 unspecified atom stereocenters. The first kappa shape index (κ1) is 12.4. The molecule has 7 heteroatoms. The Morgan fingerprint density at radius 1 is 1.37 bits per heavy atom. The lowest BCUT2D eigenvalue weighted by Crippen LogP contribution is -2.32. The van der Waals surface area contributed by atoms with Gasteiger partial charge in [-0.2, -0.15) is 5.10 Å². The summed E-state index contributed by atoms with van der Waals surface area (Å²) in [6.45, 7) is 1.95. The van der Waals surface area contributed by atoms with E-state index >= 15 is 0 Å². The summed E-state index contributed by atoms with van der Waals surface area (Å²) in [5, 5.41) is 11.5. The second-order valence-electron chi connectivity index (χ2n) is 4.97. The van der Waals surface area contributed by atoms with Crippen LogP contribution in [0.2, 0.25) is 0 Å². The zero-order valence-corrected chi connectivity index (χ0v) is 11.5. The molecule has 2 aromatic rings. The molecule has 0 spiro atoms. The molecule has 0 aromatic carbocycles. The van der Waals surface area contributed by atoms with E-state index in [-0.39, 0.29) is 17.5 Å². The number of nitrogens with zero attached hydrogens (tertiary/aromatic N) is 2. The summed E-state index contributed by atoms with van der Waals surface area (Å²) >= 11 is 0. The van der Waals surface area contributed by atoms with Gasteiger partial charge in [0, 0.05) is 17.9 Å². The Bertz CT molecular complexity index is 694. The minimum atomic E-state index is -2.83. The van der Waals surface area contributed by atoms with Crippen molar-refractivity contribution in [3.8, 4) is 0 Å². The number of rotatable bonds is 2. The molecule has 3 heterocycles. The van der Waals surface area contributed by atoms with Crippen LogP contribution in [-0.4, -0.2) is 41.1 Å². The van der Waals surface area contributed by atoms with Gasteiger partial charge >= 0.3 is 0 Å². The first-order valence-electron chi connectivity index (χ1n) is 6.32. The van der Waals surface area contributed by atoms with E-state index in [2.05, 4.69) is 20.5 Å². The van der Waals surface area contributed by atoms with Crippen LogP contribution in [-0.2, 0) is 9.84 Å². The molecule has 1 aliphatic rings. The van der Waals surface area contributed by atoms with Crippen LogP contribution in [0.4, 0.5) is 5.82 Å². The molecule has 3 rings (SSSR count). The van der Waals surface area contributed by atoms with Crippen LogP contribution in [0.1, 0.15) is 18.5 Å². The van der Waals surface area contributed by atoms with Crippen molar-refractivity contribution in [3.63, 3.8) is 0 Å². The van der Waals surface area contributed by atoms with E-state index in [4.69, 9.17) is 0 Å². The fraction of sp³-hybridized carbons (Fsp3) is 0.500. The SMILES string of the molecule is Cc1[nH]nc2ccnc(NC3CCS(=O)(=O)CC3)c12. The van der Waals surface area contributed by atoms with Crippen molar-refractivity contribution in [1.29, 1.82) is 0 Å². The predicted molar refractivity (Wildman–Crippen MR) is 73.9 cm³/mol. The first-order chi connectivity index (χ1) is 9.05. The molecule has 6 nitrogen and oxygen atoms in total. The monoisotopic (exact) mass is 280 g/mol. The fourth-order valence-electron chi connectivity index (χ4n) is 2.45. The maximum atomic E-state index is 11.4. The quantitative estimate of drug-likeness (QED) is 0.864. The lowest BCUT2D eigenvalue weighted by Gasteiger charge is -2.23. The van der Waals surface area contributed by atoms with Gasteiger partial charge in [-0.3, -0.25) is 5.10 Å². The van der Waals surface area contributed by atoms with E-state index in [9.17, 15) is 8.42 Å². The Morgan fingerprint density at radius 3 is 2.84 bits per heavy atom. The Labute approximate surface area is 111 Å². The molecule has 0 amide bonds. The van der Waals surface area contributed by atoms with Crippen LogP contribution < -0.4 is 5.32 Å². The molecule has 2 aromatic heterocycles. The standard InChI is InChI=1S/C12H16N4O2S/c1-8-11-10(16-15-8)2-5-13-12(11)14-9-3-6-19(17,18)7-4-9/h2,5,9H,3-4,6-7H2,1H3,(H,13,14)(H,15,16). The lowest BCUT2D eigenvalue weighted by atomic mass is 10.1. The molecular formula is C12H16N4O2S. The van der Waals surface area contributed by atoms with Crippen molar-refractivity contribution < 1.29 is 8.42 Å². The second-order valence-corrected chi connectivity index (χ2v) is 7.28. The number of fused-ring (bicyclic) bond motifs is 1. The average molecular weight is 280 g/mol. The number of aryl methyl sites for hydroxylation is 1. The van der Waals surface area contributed by atoms with E-state index < -0.39 is 9.84 Å². The van der Waals surface area contributed by atoms with Crippen molar-refractivity contribution in [3.05, 3.63) is 18.0 Å². The molecular weight excluding hydrogens is 264 g/mol. The number of H-pyrrole nitrogens is 1. The summed E-state index contributed by atoms with van der Waals surface area (Å²) < 4.78 is 22.8. The number of sulfone groups is 1. The van der Waals surface area contributed by atoms with Gasteiger partial charge in [-0.1, -0.05) is 0 Å². The van der Waals surface area contributed by atoms with Crippen molar-refractivity contribution in [2.24, 2.45) is 0 Å². The number of nitrogens with one attached hydrogen (secondary N) is 2. The van der Waals surface area contributed by atoms with Crippen molar-refractivity contribution in [1.82, 2.24) is 15.2 Å². The van der Waals surface area contributed by atoms with Gasteiger partial charge in [0.1, 0.15) is 15.7 Å². The van der Waals surface area contributed by atoms with E-state index in [1.807, 2.05) is 13.0 Å². The average Bonchev–Trinajstić information content (AvgIpc) is 2.75. The molecule has 1 aliphatic heterocycles. The molecule has 0 radical (unpaired) electrons. The number of pyridine rings is 1. The van der Waals surface area contributed by atoms with Crippen LogP contribution in [0, 0.1) is 6.92 Å². The first-order valence-corrected chi connectivity index (χ1v) is 8.14. The smallest absolute Gasteiger partial charge is 0.150 e. The second kappa shape index (κ2) is 4.48. The van der Waals surface area contributed by atoms with Crippen LogP contribution in [0.3, 0.4) is 0 Å². The molecule has 102 valence electrons. The highest BCUT2D eigenvalue weighted by Gasteiger charge is 2.24. The number of hydrogen-bond donors (Lipinski definition) is 2. The van der Waals surface area contributed by atoms with Crippen molar-refractivity contribution in [2.75, 3.05) is 16.8 Å². The van der Waals surface area contributed by atoms with Gasteiger partial charge < -0.3 is 5.32 Å². The number of hydrogen-bond acceptors (Lipinski definition) is 5. The predicted octanol–water partition coefficient (Wildman–Crippen LogP) is 1.26. The van der Waals surface area contributed by atoms with Gasteiger partial charge in [0.05, 0.1) is 22.4 Å². The molecule has 0 atom stereocenters. The summed E-state index contributed by atoms with van der Waals surface area (Å²) in [6, 6.07) is 2.02. The Hall–Kier alpha value is -1.63. The minimum absolute atomic E-state index is 0.163. The van der Waals surface area contributed by atoms with E-state index in [1.165, 1.54) is 0 Å². The molecule has 2 N–H and O–H groups in total. The topological polar surface area (TPSA) is 87.7 Å². The Morgan fingerprint density at radius 2 is 2.11 bits per heavy atom. The van der Waals surface area contributed by atoms with Gasteiger partial charge in [0.2, 0.25) is 0 Å². The summed E-state index contributed by atoms with van der Waals surface area (Å²) in [4.78, 5) is 4.35. The molecule has 0 bridgehead atoms. The van der Waals surface area contributed by atoms with Crippen LogP contribution in [0.25, 0.3) is 10.9 Å². The van der Waals surface area contributed by atoms with Crippen molar-refractivity contribution >= 4 is 26.6 Å². The minimum Gasteiger partial charge on any atom is -0.367 e. The fourth-order valence-corrected chi connectivity index (χ4v) is 3.94. The largest absolute Gasteiger partial charge is 0.367 e. The number of aromatic nitrogens is 3. The number of anilines is 1. The summed E-state index contributed by atoms with van der Waals surface area (Å²) in [7, 11) is -2.83. The van der Waals surface area contributed by atoms with Gasteiger partial charge in [-0.15, -0.1) is 0 Å². The highest BCUT2D eigenvalue weighted by molar-refractivity contribution is 7.91. The summed E-state index contributed by atoms with van der Waals surface area (Å²) in [5.41, 5.74) is 1.84. The van der Waals surface area contributed by atoms with E-state index in [1.54, 1.807) is 6.20 Å². The number of aromatic amines is 1.